The molecule has 0 saturated carbocycles. The summed E-state index contributed by atoms with van der Waals surface area (Å²) < 4.78 is 5.15. The number of aldehydes is 1. The number of rotatable bonds is 4. The van der Waals surface area contributed by atoms with Crippen molar-refractivity contribution >= 4 is 24.6 Å². The summed E-state index contributed by atoms with van der Waals surface area (Å²) in [7, 11) is 0. The van der Waals surface area contributed by atoms with Gasteiger partial charge in [0, 0.05) is 17.5 Å². The van der Waals surface area contributed by atoms with E-state index < -0.39 is 4.92 Å². The van der Waals surface area contributed by atoms with E-state index in [1.165, 1.54) is 18.4 Å². The summed E-state index contributed by atoms with van der Waals surface area (Å²) in [4.78, 5) is 21.7. The highest BCUT2D eigenvalue weighted by atomic mass is 32.1. The summed E-state index contributed by atoms with van der Waals surface area (Å²) in [6, 6.07) is 6.34. The number of hydrogen-bond donors (Lipinski definition) is 1. The quantitative estimate of drug-likeness (QED) is 0.398. The van der Waals surface area contributed by atoms with Crippen LogP contribution in [0.5, 0.6) is 0 Å². The SMILES string of the molecule is O=Cc1ccc(S)c([N+](=O)[O-])c1Cc1ccco1. The Morgan fingerprint density at radius 1 is 1.39 bits per heavy atom. The maximum absolute atomic E-state index is 11.0. The second kappa shape index (κ2) is 5.05. The lowest BCUT2D eigenvalue weighted by Gasteiger charge is -2.06. The van der Waals surface area contributed by atoms with Crippen molar-refractivity contribution in [2.24, 2.45) is 0 Å². The average molecular weight is 263 g/mol. The van der Waals surface area contributed by atoms with E-state index in [4.69, 9.17) is 4.42 Å². The van der Waals surface area contributed by atoms with E-state index >= 15 is 0 Å². The van der Waals surface area contributed by atoms with Crippen LogP contribution >= 0.6 is 12.6 Å². The molecule has 0 radical (unpaired) electrons. The Morgan fingerprint density at radius 3 is 2.72 bits per heavy atom. The van der Waals surface area contributed by atoms with Gasteiger partial charge in [-0.3, -0.25) is 14.9 Å². The molecule has 1 aromatic heterocycles. The molecule has 0 spiro atoms. The van der Waals surface area contributed by atoms with Crippen molar-refractivity contribution in [3.8, 4) is 0 Å². The van der Waals surface area contributed by atoms with Gasteiger partial charge in [0.25, 0.3) is 5.69 Å². The summed E-state index contributed by atoms with van der Waals surface area (Å²) in [6.45, 7) is 0. The van der Waals surface area contributed by atoms with Crippen LogP contribution in [0.2, 0.25) is 0 Å². The number of furan rings is 1. The molecule has 92 valence electrons. The fraction of sp³-hybridized carbons (Fsp3) is 0.0833. The summed E-state index contributed by atoms with van der Waals surface area (Å²) >= 11 is 4.06. The van der Waals surface area contributed by atoms with Gasteiger partial charge >= 0.3 is 0 Å². The molecule has 0 amide bonds. The van der Waals surface area contributed by atoms with Crippen molar-refractivity contribution in [1.82, 2.24) is 0 Å². The van der Waals surface area contributed by atoms with E-state index in [1.54, 1.807) is 12.1 Å². The van der Waals surface area contributed by atoms with Crippen LogP contribution < -0.4 is 0 Å². The number of carbonyl (C=O) groups is 1. The lowest BCUT2D eigenvalue weighted by atomic mass is 10.0. The fourth-order valence-electron chi connectivity index (χ4n) is 1.73. The van der Waals surface area contributed by atoms with Crippen molar-refractivity contribution in [3.63, 3.8) is 0 Å². The van der Waals surface area contributed by atoms with E-state index in [1.807, 2.05) is 0 Å². The van der Waals surface area contributed by atoms with E-state index in [2.05, 4.69) is 12.6 Å². The summed E-state index contributed by atoms with van der Waals surface area (Å²) in [6.07, 6.45) is 2.26. The van der Waals surface area contributed by atoms with Crippen LogP contribution in [0.15, 0.2) is 39.8 Å². The molecule has 0 aliphatic heterocycles. The monoisotopic (exact) mass is 263 g/mol. The zero-order valence-electron chi connectivity index (χ0n) is 9.20. The van der Waals surface area contributed by atoms with Crippen molar-refractivity contribution in [1.29, 1.82) is 0 Å². The Morgan fingerprint density at radius 2 is 2.17 bits per heavy atom. The second-order valence-electron chi connectivity index (χ2n) is 3.63. The minimum atomic E-state index is -0.534. The van der Waals surface area contributed by atoms with Crippen LogP contribution in [0, 0.1) is 10.1 Å². The van der Waals surface area contributed by atoms with Gasteiger partial charge in [-0.05, 0) is 24.3 Å². The molecule has 0 aliphatic carbocycles. The van der Waals surface area contributed by atoms with Crippen molar-refractivity contribution < 1.29 is 14.1 Å². The van der Waals surface area contributed by atoms with E-state index in [0.29, 0.717) is 17.6 Å². The van der Waals surface area contributed by atoms with Crippen LogP contribution in [0.25, 0.3) is 0 Å². The molecule has 0 unspecified atom stereocenters. The normalized spacial score (nSPS) is 10.3. The molecule has 0 aliphatic rings. The van der Waals surface area contributed by atoms with Gasteiger partial charge in [0.05, 0.1) is 16.1 Å². The number of nitro benzene ring substituents is 1. The number of nitrogens with zero attached hydrogens (tertiary/aromatic N) is 1. The number of nitro groups is 1. The highest BCUT2D eigenvalue weighted by molar-refractivity contribution is 7.80. The third kappa shape index (κ3) is 2.28. The lowest BCUT2D eigenvalue weighted by Crippen LogP contribution is -2.02. The van der Waals surface area contributed by atoms with Crippen molar-refractivity contribution in [3.05, 3.63) is 57.5 Å². The Hall–Kier alpha value is -2.08. The molecule has 1 aromatic carbocycles. The topological polar surface area (TPSA) is 73.3 Å². The number of carbonyl (C=O) groups excluding carboxylic acids is 1. The van der Waals surface area contributed by atoms with Crippen LogP contribution in [-0.4, -0.2) is 11.2 Å². The number of thiol groups is 1. The average Bonchev–Trinajstić information content (AvgIpc) is 2.82. The third-order valence-electron chi connectivity index (χ3n) is 2.54. The predicted molar refractivity (Wildman–Crippen MR) is 67.2 cm³/mol. The first kappa shape index (κ1) is 12.4. The molecule has 2 aromatic rings. The molecular weight excluding hydrogens is 254 g/mol. The molecule has 2 rings (SSSR count). The Bertz CT molecular complexity index is 592. The summed E-state index contributed by atoms with van der Waals surface area (Å²) in [5.74, 6) is 0.556. The molecule has 0 N–H and O–H groups in total. The van der Waals surface area contributed by atoms with Gasteiger partial charge < -0.3 is 4.42 Å². The molecule has 5 nitrogen and oxygen atoms in total. The van der Waals surface area contributed by atoms with E-state index in [-0.39, 0.29) is 22.6 Å². The number of benzene rings is 1. The second-order valence-corrected chi connectivity index (χ2v) is 4.11. The minimum Gasteiger partial charge on any atom is -0.469 e. The first-order valence-electron chi connectivity index (χ1n) is 5.10. The van der Waals surface area contributed by atoms with Gasteiger partial charge in [-0.2, -0.15) is 0 Å². The van der Waals surface area contributed by atoms with Gasteiger partial charge in [0.1, 0.15) is 5.76 Å². The smallest absolute Gasteiger partial charge is 0.286 e. The zero-order chi connectivity index (χ0) is 13.1. The third-order valence-corrected chi connectivity index (χ3v) is 2.90. The molecule has 0 bridgehead atoms. The lowest BCUT2D eigenvalue weighted by molar-refractivity contribution is -0.388. The van der Waals surface area contributed by atoms with Gasteiger partial charge in [-0.15, -0.1) is 12.6 Å². The number of hydrogen-bond acceptors (Lipinski definition) is 5. The Labute approximate surface area is 108 Å². The highest BCUT2D eigenvalue weighted by Crippen LogP contribution is 2.31. The van der Waals surface area contributed by atoms with Gasteiger partial charge in [-0.1, -0.05) is 0 Å². The van der Waals surface area contributed by atoms with E-state index in [0.717, 1.165) is 0 Å². The molecule has 6 heteroatoms. The zero-order valence-corrected chi connectivity index (χ0v) is 10.1. The minimum absolute atomic E-state index is 0.153. The summed E-state index contributed by atoms with van der Waals surface area (Å²) in [5, 5.41) is 11.0. The highest BCUT2D eigenvalue weighted by Gasteiger charge is 2.22. The van der Waals surface area contributed by atoms with Crippen LogP contribution in [0.3, 0.4) is 0 Å². The first-order chi connectivity index (χ1) is 8.63. The standard InChI is InChI=1S/C12H9NO4S/c14-7-8-3-4-11(18)12(13(15)16)10(8)6-9-2-1-5-17-9/h1-5,7,18H,6H2. The maximum Gasteiger partial charge on any atom is 0.286 e. The van der Waals surface area contributed by atoms with Gasteiger partial charge in [0.2, 0.25) is 0 Å². The molecule has 18 heavy (non-hydrogen) atoms. The molecular formula is C12H9NO4S. The molecule has 0 atom stereocenters. The predicted octanol–water partition coefficient (Wildman–Crippen LogP) is 2.88. The van der Waals surface area contributed by atoms with Crippen molar-refractivity contribution in [2.75, 3.05) is 0 Å². The van der Waals surface area contributed by atoms with Crippen LogP contribution in [0.4, 0.5) is 5.69 Å². The fourth-order valence-corrected chi connectivity index (χ4v) is 2.02. The first-order valence-corrected chi connectivity index (χ1v) is 5.55. The van der Waals surface area contributed by atoms with Crippen molar-refractivity contribution in [2.45, 2.75) is 11.3 Å². The van der Waals surface area contributed by atoms with Gasteiger partial charge in [-0.25, -0.2) is 0 Å². The molecule has 1 heterocycles. The Balaban J connectivity index is 2.57. The maximum atomic E-state index is 11.0. The van der Waals surface area contributed by atoms with Gasteiger partial charge in [0.15, 0.2) is 6.29 Å². The summed E-state index contributed by atoms with van der Waals surface area (Å²) in [5.41, 5.74) is 0.438. The largest absolute Gasteiger partial charge is 0.469 e. The van der Waals surface area contributed by atoms with Crippen LogP contribution in [-0.2, 0) is 6.42 Å². The van der Waals surface area contributed by atoms with Crippen LogP contribution in [0.1, 0.15) is 21.7 Å². The Kier molecular flexibility index (Phi) is 3.47. The van der Waals surface area contributed by atoms with E-state index in [9.17, 15) is 14.9 Å². The molecule has 0 fully saturated rings. The molecule has 0 saturated heterocycles.